The molecule has 0 spiro atoms. The minimum atomic E-state index is -0.270. The van der Waals surface area contributed by atoms with Crippen LogP contribution in [0.3, 0.4) is 0 Å². The van der Waals surface area contributed by atoms with Gasteiger partial charge in [-0.15, -0.1) is 0 Å². The number of carbonyl (C=O) groups excluding carboxylic acids is 1. The molecule has 0 fully saturated rings. The number of halogens is 1. The standard InChI is InChI=1S/C24H20FNO2/c1-26-21-11-10-16(28-2)12-20(21)23-18(14-6-8-15(25)9-7-14)13-19-17(24(23)26)4-3-5-22(19)27/h6-13H,3-5H2,1-2H3. The molecule has 1 aliphatic rings. The number of Topliss-reactive ketones (excluding diaryl/α,β-unsaturated/α-hetero) is 1. The SMILES string of the molecule is COc1ccc2c(c1)c1c(-c3ccc(F)cc3)cc3c(c1n2C)CCCC3=O. The van der Waals surface area contributed by atoms with Crippen molar-refractivity contribution in [1.82, 2.24) is 4.57 Å². The number of carbonyl (C=O) groups is 1. The van der Waals surface area contributed by atoms with Crippen LogP contribution in [0.25, 0.3) is 32.9 Å². The predicted molar refractivity (Wildman–Crippen MR) is 110 cm³/mol. The maximum absolute atomic E-state index is 13.5. The van der Waals surface area contributed by atoms with Gasteiger partial charge in [0.2, 0.25) is 0 Å². The normalized spacial score (nSPS) is 13.9. The number of ether oxygens (including phenoxy) is 1. The number of rotatable bonds is 2. The summed E-state index contributed by atoms with van der Waals surface area (Å²) in [5.41, 5.74) is 5.97. The van der Waals surface area contributed by atoms with E-state index in [0.717, 1.165) is 62.7 Å². The Kier molecular flexibility index (Phi) is 3.76. The van der Waals surface area contributed by atoms with Crippen LogP contribution in [0.5, 0.6) is 5.75 Å². The first-order valence-corrected chi connectivity index (χ1v) is 9.49. The third kappa shape index (κ3) is 2.37. The summed E-state index contributed by atoms with van der Waals surface area (Å²) in [4.78, 5) is 12.7. The average molecular weight is 373 g/mol. The highest BCUT2D eigenvalue weighted by molar-refractivity contribution is 6.19. The molecule has 0 N–H and O–H groups in total. The van der Waals surface area contributed by atoms with E-state index in [4.69, 9.17) is 4.74 Å². The molecule has 1 aromatic heterocycles. The van der Waals surface area contributed by atoms with Crippen molar-refractivity contribution in [2.75, 3.05) is 7.11 Å². The molecule has 28 heavy (non-hydrogen) atoms. The van der Waals surface area contributed by atoms with Crippen LogP contribution in [-0.4, -0.2) is 17.5 Å². The molecule has 0 unspecified atom stereocenters. The van der Waals surface area contributed by atoms with Crippen molar-refractivity contribution in [2.45, 2.75) is 19.3 Å². The Morgan fingerprint density at radius 2 is 1.79 bits per heavy atom. The number of hydrogen-bond acceptors (Lipinski definition) is 2. The summed E-state index contributed by atoms with van der Waals surface area (Å²) >= 11 is 0. The van der Waals surface area contributed by atoms with E-state index in [9.17, 15) is 9.18 Å². The first-order valence-electron chi connectivity index (χ1n) is 9.49. The minimum absolute atomic E-state index is 0.189. The Balaban J connectivity index is 1.98. The molecule has 0 bridgehead atoms. The molecule has 1 heterocycles. The van der Waals surface area contributed by atoms with Gasteiger partial charge in [0, 0.05) is 35.3 Å². The molecule has 0 saturated carbocycles. The first-order chi connectivity index (χ1) is 13.6. The van der Waals surface area contributed by atoms with Gasteiger partial charge in [-0.05, 0) is 65.9 Å². The van der Waals surface area contributed by atoms with Gasteiger partial charge >= 0.3 is 0 Å². The molecule has 5 rings (SSSR count). The first kappa shape index (κ1) is 17.0. The summed E-state index contributed by atoms with van der Waals surface area (Å²) in [7, 11) is 3.71. The number of aromatic nitrogens is 1. The highest BCUT2D eigenvalue weighted by Crippen LogP contribution is 2.42. The van der Waals surface area contributed by atoms with E-state index >= 15 is 0 Å². The monoisotopic (exact) mass is 373 g/mol. The Bertz CT molecular complexity index is 1250. The molecule has 0 aliphatic heterocycles. The highest BCUT2D eigenvalue weighted by atomic mass is 19.1. The summed E-state index contributed by atoms with van der Waals surface area (Å²) in [5.74, 6) is 0.710. The molecule has 0 saturated heterocycles. The molecule has 140 valence electrons. The van der Waals surface area contributed by atoms with Crippen LogP contribution in [-0.2, 0) is 13.5 Å². The van der Waals surface area contributed by atoms with Gasteiger partial charge in [-0.1, -0.05) is 12.1 Å². The second kappa shape index (κ2) is 6.20. The van der Waals surface area contributed by atoms with Gasteiger partial charge < -0.3 is 9.30 Å². The Labute approximate surface area is 162 Å². The number of aryl methyl sites for hydroxylation is 2. The Hall–Kier alpha value is -3.14. The van der Waals surface area contributed by atoms with Crippen LogP contribution in [0.4, 0.5) is 4.39 Å². The summed E-state index contributed by atoms with van der Waals surface area (Å²) in [5, 5.41) is 2.17. The summed E-state index contributed by atoms with van der Waals surface area (Å²) in [6.07, 6.45) is 2.35. The Morgan fingerprint density at radius 1 is 1.00 bits per heavy atom. The number of benzene rings is 3. The zero-order valence-corrected chi connectivity index (χ0v) is 15.9. The molecule has 0 atom stereocenters. The molecule has 4 aromatic rings. The largest absolute Gasteiger partial charge is 0.497 e. The number of ketones is 1. The summed E-state index contributed by atoms with van der Waals surface area (Å²) in [6.45, 7) is 0. The molecule has 4 heteroatoms. The van der Waals surface area contributed by atoms with Crippen LogP contribution >= 0.6 is 0 Å². The second-order valence-electron chi connectivity index (χ2n) is 7.40. The van der Waals surface area contributed by atoms with Gasteiger partial charge in [0.1, 0.15) is 11.6 Å². The topological polar surface area (TPSA) is 31.2 Å². The van der Waals surface area contributed by atoms with Crippen molar-refractivity contribution in [1.29, 1.82) is 0 Å². The van der Waals surface area contributed by atoms with Crippen molar-refractivity contribution >= 4 is 27.6 Å². The molecule has 3 nitrogen and oxygen atoms in total. The minimum Gasteiger partial charge on any atom is -0.497 e. The third-order valence-corrected chi connectivity index (χ3v) is 5.86. The van der Waals surface area contributed by atoms with Crippen molar-refractivity contribution < 1.29 is 13.9 Å². The van der Waals surface area contributed by atoms with Crippen LogP contribution in [0, 0.1) is 5.82 Å². The van der Waals surface area contributed by atoms with Gasteiger partial charge in [-0.3, -0.25) is 4.79 Å². The lowest BCUT2D eigenvalue weighted by Crippen LogP contribution is -2.12. The second-order valence-corrected chi connectivity index (χ2v) is 7.40. The smallest absolute Gasteiger partial charge is 0.163 e. The molecular weight excluding hydrogens is 353 g/mol. The van der Waals surface area contributed by atoms with Crippen LogP contribution in [0.15, 0.2) is 48.5 Å². The molecular formula is C24H20FNO2. The van der Waals surface area contributed by atoms with Crippen molar-refractivity contribution in [2.24, 2.45) is 7.05 Å². The number of methoxy groups -OCH3 is 1. The van der Waals surface area contributed by atoms with E-state index < -0.39 is 0 Å². The van der Waals surface area contributed by atoms with Gasteiger partial charge in [-0.2, -0.15) is 0 Å². The molecule has 0 amide bonds. The van der Waals surface area contributed by atoms with Crippen LogP contribution in [0.1, 0.15) is 28.8 Å². The number of fused-ring (bicyclic) bond motifs is 5. The summed E-state index contributed by atoms with van der Waals surface area (Å²) in [6, 6.07) is 14.6. The fourth-order valence-electron chi connectivity index (χ4n) is 4.53. The van der Waals surface area contributed by atoms with Gasteiger partial charge in [-0.25, -0.2) is 4.39 Å². The fraction of sp³-hybridized carbons (Fsp3) is 0.208. The zero-order valence-electron chi connectivity index (χ0n) is 15.9. The maximum atomic E-state index is 13.5. The lowest BCUT2D eigenvalue weighted by Gasteiger charge is -2.19. The quantitative estimate of drug-likeness (QED) is 0.454. The zero-order chi connectivity index (χ0) is 19.4. The van der Waals surface area contributed by atoms with Crippen LogP contribution < -0.4 is 4.74 Å². The van der Waals surface area contributed by atoms with E-state index in [-0.39, 0.29) is 11.6 Å². The van der Waals surface area contributed by atoms with E-state index in [1.807, 2.05) is 25.2 Å². The van der Waals surface area contributed by atoms with E-state index in [2.05, 4.69) is 10.6 Å². The summed E-state index contributed by atoms with van der Waals surface area (Å²) < 4.78 is 21.2. The molecule has 0 radical (unpaired) electrons. The number of nitrogens with zero attached hydrogens (tertiary/aromatic N) is 1. The van der Waals surface area contributed by atoms with Gasteiger partial charge in [0.15, 0.2) is 5.78 Å². The van der Waals surface area contributed by atoms with Crippen molar-refractivity contribution in [3.8, 4) is 16.9 Å². The van der Waals surface area contributed by atoms with E-state index in [1.165, 1.54) is 12.1 Å². The van der Waals surface area contributed by atoms with Crippen LogP contribution in [0.2, 0.25) is 0 Å². The number of hydrogen-bond donors (Lipinski definition) is 0. The van der Waals surface area contributed by atoms with Gasteiger partial charge in [0.05, 0.1) is 12.6 Å². The lowest BCUT2D eigenvalue weighted by atomic mass is 9.85. The van der Waals surface area contributed by atoms with Gasteiger partial charge in [0.25, 0.3) is 0 Å². The average Bonchev–Trinajstić information content (AvgIpc) is 3.01. The predicted octanol–water partition coefficient (Wildman–Crippen LogP) is 5.67. The highest BCUT2D eigenvalue weighted by Gasteiger charge is 2.25. The van der Waals surface area contributed by atoms with E-state index in [1.54, 1.807) is 19.2 Å². The van der Waals surface area contributed by atoms with Crippen molar-refractivity contribution in [3.05, 3.63) is 65.5 Å². The lowest BCUT2D eigenvalue weighted by molar-refractivity contribution is 0.0973. The Morgan fingerprint density at radius 3 is 2.54 bits per heavy atom. The molecule has 3 aromatic carbocycles. The maximum Gasteiger partial charge on any atom is 0.163 e. The molecule has 1 aliphatic carbocycles. The fourth-order valence-corrected chi connectivity index (χ4v) is 4.53. The van der Waals surface area contributed by atoms with Crippen molar-refractivity contribution in [3.63, 3.8) is 0 Å². The third-order valence-electron chi connectivity index (χ3n) is 5.86. The van der Waals surface area contributed by atoms with E-state index in [0.29, 0.717) is 6.42 Å².